The summed E-state index contributed by atoms with van der Waals surface area (Å²) in [5.41, 5.74) is 1.92. The minimum atomic E-state index is -0.793. The molecule has 56 heavy (non-hydrogen) atoms. The van der Waals surface area contributed by atoms with Gasteiger partial charge in [0.05, 0.1) is 25.0 Å². The fourth-order valence-corrected chi connectivity index (χ4v) is 11.3. The van der Waals surface area contributed by atoms with Crippen LogP contribution in [0.25, 0.3) is 0 Å². The molecule has 302 valence electrons. The molecule has 4 amide bonds. The van der Waals surface area contributed by atoms with Crippen LogP contribution >= 0.6 is 23.5 Å². The maximum absolute atomic E-state index is 14.3. The number of hydrogen-bond acceptors (Lipinski definition) is 10. The Balaban J connectivity index is 1.20. The van der Waals surface area contributed by atoms with Gasteiger partial charge in [-0.1, -0.05) is 60.7 Å². The molecular formula is C42H54N4O8S2. The Hall–Kier alpha value is -4.04. The van der Waals surface area contributed by atoms with E-state index in [1.54, 1.807) is 33.3 Å². The topological polar surface area (TPSA) is 151 Å². The van der Waals surface area contributed by atoms with Crippen LogP contribution in [-0.2, 0) is 51.1 Å². The van der Waals surface area contributed by atoms with Crippen molar-refractivity contribution in [3.05, 3.63) is 71.8 Å². The number of esters is 2. The van der Waals surface area contributed by atoms with E-state index in [-0.39, 0.29) is 34.4 Å². The molecule has 2 aromatic rings. The number of amides is 4. The molecule has 12 nitrogen and oxygen atoms in total. The molecule has 0 aliphatic carbocycles. The predicted molar refractivity (Wildman–Crippen MR) is 215 cm³/mol. The van der Waals surface area contributed by atoms with Crippen molar-refractivity contribution in [3.63, 3.8) is 0 Å². The molecule has 0 unspecified atom stereocenters. The standard InChI is InChI=1S/C42H54N4O8S2/c1-53-41(51)33-15-9-17-35-45(33)39(49)31(21-23-55-35)43-37(47)29(25-27-11-5-3-6-12-27)19-20-30(26-28-13-7-4-8-14-28)38(48)44-32-22-24-56-36-18-10-16-34(42(52)54-2)46(36)40(32)50/h3-8,11-14,29-36H,9-10,15-26H2,1-2H3,(H,43,47)(H,44,48)/t29-,30-,31-,32+,33+,34+,35-,36+/m1/s1. The van der Waals surface area contributed by atoms with E-state index in [4.69, 9.17) is 9.47 Å². The molecule has 4 aliphatic rings. The first kappa shape index (κ1) is 41.6. The van der Waals surface area contributed by atoms with Crippen molar-refractivity contribution in [2.75, 3.05) is 25.7 Å². The summed E-state index contributed by atoms with van der Waals surface area (Å²) in [6.07, 6.45) is 6.63. The van der Waals surface area contributed by atoms with E-state index in [0.717, 1.165) is 36.8 Å². The van der Waals surface area contributed by atoms with Gasteiger partial charge in [0.15, 0.2) is 0 Å². The predicted octanol–water partition coefficient (Wildman–Crippen LogP) is 4.49. The van der Waals surface area contributed by atoms with Crippen LogP contribution in [0.1, 0.15) is 75.3 Å². The number of hydrogen-bond donors (Lipinski definition) is 2. The molecule has 4 saturated heterocycles. The Labute approximate surface area is 337 Å². The van der Waals surface area contributed by atoms with Crippen molar-refractivity contribution in [1.29, 1.82) is 0 Å². The summed E-state index contributed by atoms with van der Waals surface area (Å²) in [5, 5.41) is 5.86. The van der Waals surface area contributed by atoms with Crippen LogP contribution in [0.2, 0.25) is 0 Å². The summed E-state index contributed by atoms with van der Waals surface area (Å²) < 4.78 is 10.1. The first-order valence-corrected chi connectivity index (χ1v) is 22.0. The highest BCUT2D eigenvalue weighted by Gasteiger charge is 2.45. The number of fused-ring (bicyclic) bond motifs is 2. The van der Waals surface area contributed by atoms with Gasteiger partial charge in [0.2, 0.25) is 23.6 Å². The van der Waals surface area contributed by atoms with Crippen molar-refractivity contribution < 1.29 is 38.2 Å². The number of nitrogens with zero attached hydrogens (tertiary/aromatic N) is 2. The number of carbonyl (C=O) groups is 6. The lowest BCUT2D eigenvalue weighted by atomic mass is 9.86. The van der Waals surface area contributed by atoms with E-state index in [1.165, 1.54) is 14.2 Å². The van der Waals surface area contributed by atoms with E-state index in [2.05, 4.69) is 10.6 Å². The largest absolute Gasteiger partial charge is 0.467 e. The molecule has 2 aromatic carbocycles. The second-order valence-corrected chi connectivity index (χ2v) is 17.7. The van der Waals surface area contributed by atoms with Gasteiger partial charge in [0, 0.05) is 11.8 Å². The third-order valence-corrected chi connectivity index (χ3v) is 14.2. The van der Waals surface area contributed by atoms with Gasteiger partial charge in [-0.3, -0.25) is 19.2 Å². The fraction of sp³-hybridized carbons (Fsp3) is 0.571. The molecule has 0 aromatic heterocycles. The highest BCUT2D eigenvalue weighted by Crippen LogP contribution is 2.36. The van der Waals surface area contributed by atoms with E-state index < -0.39 is 47.9 Å². The van der Waals surface area contributed by atoms with E-state index in [9.17, 15) is 28.8 Å². The summed E-state index contributed by atoms with van der Waals surface area (Å²) >= 11 is 3.28. The fourth-order valence-electron chi connectivity index (χ4n) is 8.53. The molecule has 14 heteroatoms. The van der Waals surface area contributed by atoms with Crippen LogP contribution in [0.4, 0.5) is 0 Å². The molecule has 4 heterocycles. The Morgan fingerprint density at radius 1 is 0.625 bits per heavy atom. The van der Waals surface area contributed by atoms with Crippen LogP contribution in [0.5, 0.6) is 0 Å². The van der Waals surface area contributed by atoms with Crippen molar-refractivity contribution in [2.45, 2.75) is 112 Å². The first-order valence-electron chi connectivity index (χ1n) is 19.9. The lowest BCUT2D eigenvalue weighted by molar-refractivity contribution is -0.156. The summed E-state index contributed by atoms with van der Waals surface area (Å²) in [6.45, 7) is 0. The van der Waals surface area contributed by atoms with Crippen molar-refractivity contribution >= 4 is 59.1 Å². The van der Waals surface area contributed by atoms with Crippen LogP contribution < -0.4 is 10.6 Å². The van der Waals surface area contributed by atoms with Gasteiger partial charge in [-0.15, -0.1) is 23.5 Å². The minimum absolute atomic E-state index is 0.147. The highest BCUT2D eigenvalue weighted by molar-refractivity contribution is 8.00. The van der Waals surface area contributed by atoms with Crippen molar-refractivity contribution in [3.8, 4) is 0 Å². The van der Waals surface area contributed by atoms with Crippen LogP contribution in [0.15, 0.2) is 60.7 Å². The second-order valence-electron chi connectivity index (χ2n) is 15.1. The molecule has 0 saturated carbocycles. The molecule has 0 spiro atoms. The lowest BCUT2D eigenvalue weighted by Gasteiger charge is -2.40. The number of methoxy groups -OCH3 is 2. The molecule has 0 bridgehead atoms. The van der Waals surface area contributed by atoms with E-state index >= 15 is 0 Å². The van der Waals surface area contributed by atoms with Gasteiger partial charge >= 0.3 is 11.9 Å². The maximum atomic E-state index is 14.3. The average molecular weight is 807 g/mol. The number of benzene rings is 2. The van der Waals surface area contributed by atoms with Crippen LogP contribution in [0, 0.1) is 11.8 Å². The molecular weight excluding hydrogens is 753 g/mol. The van der Waals surface area contributed by atoms with Gasteiger partial charge in [-0.25, -0.2) is 9.59 Å². The maximum Gasteiger partial charge on any atom is 0.328 e. The van der Waals surface area contributed by atoms with Gasteiger partial charge in [-0.05, 0) is 99.7 Å². The average Bonchev–Trinajstić information content (AvgIpc) is 3.48. The Bertz CT molecular complexity index is 1580. The first-order chi connectivity index (χ1) is 27.2. The van der Waals surface area contributed by atoms with Crippen molar-refractivity contribution in [1.82, 2.24) is 20.4 Å². The van der Waals surface area contributed by atoms with Crippen LogP contribution in [0.3, 0.4) is 0 Å². The number of thioether (sulfide) groups is 2. The quantitative estimate of drug-likeness (QED) is 0.277. The highest BCUT2D eigenvalue weighted by atomic mass is 32.2. The van der Waals surface area contributed by atoms with Gasteiger partial charge in [0.25, 0.3) is 0 Å². The molecule has 8 atom stereocenters. The number of carbonyl (C=O) groups excluding carboxylic acids is 6. The second kappa shape index (κ2) is 19.9. The van der Waals surface area contributed by atoms with Gasteiger partial charge in [0.1, 0.15) is 24.2 Å². The molecule has 4 aliphatic heterocycles. The third-order valence-electron chi connectivity index (χ3n) is 11.5. The Kier molecular flexibility index (Phi) is 14.8. The Morgan fingerprint density at radius 3 is 1.39 bits per heavy atom. The third kappa shape index (κ3) is 10.1. The van der Waals surface area contributed by atoms with E-state index in [1.807, 2.05) is 60.7 Å². The molecule has 2 N–H and O–H groups in total. The number of piperidine rings is 2. The zero-order valence-corrected chi connectivity index (χ0v) is 33.9. The van der Waals surface area contributed by atoms with Gasteiger partial charge in [-0.2, -0.15) is 0 Å². The summed E-state index contributed by atoms with van der Waals surface area (Å²) in [5.74, 6) is -1.77. The summed E-state index contributed by atoms with van der Waals surface area (Å²) in [4.78, 5) is 85.5. The van der Waals surface area contributed by atoms with Gasteiger partial charge < -0.3 is 29.9 Å². The normalized spacial score (nSPS) is 26.3. The molecule has 0 radical (unpaired) electrons. The smallest absolute Gasteiger partial charge is 0.328 e. The summed E-state index contributed by atoms with van der Waals surface area (Å²) in [7, 11) is 2.66. The zero-order valence-electron chi connectivity index (χ0n) is 32.3. The number of nitrogens with one attached hydrogen (secondary N) is 2. The minimum Gasteiger partial charge on any atom is -0.467 e. The van der Waals surface area contributed by atoms with E-state index in [0.29, 0.717) is 62.9 Å². The zero-order chi connectivity index (χ0) is 39.6. The van der Waals surface area contributed by atoms with Crippen molar-refractivity contribution in [2.24, 2.45) is 11.8 Å². The van der Waals surface area contributed by atoms with Crippen LogP contribution in [-0.4, -0.2) is 106 Å². The SMILES string of the molecule is COC(=O)[C@@H]1CCC[C@@H]2SCC[C@H](NC(=O)[C@H](CC[C@H](Cc3ccccc3)C(=O)N[C@@H]3CCS[C@@H]4CCC[C@@H](C(=O)OC)N4C3=O)Cc3ccccc3)C(=O)N21. The molecule has 4 fully saturated rings. The Morgan fingerprint density at radius 2 is 1.02 bits per heavy atom. The lowest BCUT2D eigenvalue weighted by Crippen LogP contribution is -2.58. The summed E-state index contributed by atoms with van der Waals surface area (Å²) in [6, 6.07) is 16.4. The monoisotopic (exact) mass is 806 g/mol. The molecule has 6 rings (SSSR count). The number of rotatable bonds is 13. The number of ether oxygens (including phenoxy) is 2.